The fourth-order valence-electron chi connectivity index (χ4n) is 3.34. The van der Waals surface area contributed by atoms with Gasteiger partial charge in [-0.25, -0.2) is 9.37 Å². The molecule has 31 heavy (non-hydrogen) atoms. The van der Waals surface area contributed by atoms with E-state index in [1.807, 2.05) is 18.2 Å². The third-order valence-electron chi connectivity index (χ3n) is 4.82. The first-order valence-electron chi connectivity index (χ1n) is 9.46. The molecule has 0 atom stereocenters. The number of fused-ring (bicyclic) bond motifs is 2. The van der Waals surface area contributed by atoms with Gasteiger partial charge in [-0.3, -0.25) is 14.7 Å². The van der Waals surface area contributed by atoms with Gasteiger partial charge in [0, 0.05) is 17.8 Å². The molecule has 3 aromatic heterocycles. The first-order chi connectivity index (χ1) is 15.1. The molecule has 154 valence electrons. The van der Waals surface area contributed by atoms with Crippen LogP contribution in [-0.4, -0.2) is 23.0 Å². The number of amides is 1. The maximum Gasteiger partial charge on any atom is 0.296 e. The molecule has 0 fully saturated rings. The molecule has 0 aliphatic rings. The Kier molecular flexibility index (Phi) is 4.83. The number of ether oxygens (including phenoxy) is 1. The molecule has 5 rings (SSSR count). The number of carbonyl (C=O) groups excluding carboxylic acids is 1. The zero-order valence-electron chi connectivity index (χ0n) is 16.4. The van der Waals surface area contributed by atoms with Gasteiger partial charge in [0.2, 0.25) is 0 Å². The molecule has 0 radical (unpaired) electrons. The fourth-order valence-corrected chi connectivity index (χ4v) is 4.33. The standard InChI is InChI=1S/C23H16FN3O3S/c1-29-18-6-2-5-15-10-19(30-21(15)18)22(28)27(13-14-4-3-9-25-12-14)23-26-17-8-7-16(24)11-20(17)31-23/h2-12H,13H2,1H3. The Morgan fingerprint density at radius 3 is 2.90 bits per heavy atom. The minimum absolute atomic E-state index is 0.161. The first kappa shape index (κ1) is 19.2. The molecule has 0 bridgehead atoms. The SMILES string of the molecule is COc1cccc2cc(C(=O)N(Cc3cccnc3)c3nc4ccc(F)cc4s3)oc12. The van der Waals surface area contributed by atoms with Crippen LogP contribution in [0.2, 0.25) is 0 Å². The molecule has 8 heteroatoms. The van der Waals surface area contributed by atoms with Gasteiger partial charge in [0.05, 0.1) is 23.9 Å². The Hall–Kier alpha value is -3.78. The molecule has 0 N–H and O–H groups in total. The Labute approximate surface area is 180 Å². The summed E-state index contributed by atoms with van der Waals surface area (Å²) in [5.74, 6) is -0.00139. The number of furan rings is 1. The summed E-state index contributed by atoms with van der Waals surface area (Å²) >= 11 is 1.24. The molecule has 0 saturated carbocycles. The van der Waals surface area contributed by atoms with Gasteiger partial charge < -0.3 is 9.15 Å². The van der Waals surface area contributed by atoms with E-state index in [9.17, 15) is 9.18 Å². The molecule has 0 aliphatic carbocycles. The number of anilines is 1. The van der Waals surface area contributed by atoms with Gasteiger partial charge in [0.25, 0.3) is 5.91 Å². The molecule has 6 nitrogen and oxygen atoms in total. The number of benzene rings is 2. The zero-order valence-corrected chi connectivity index (χ0v) is 17.2. The smallest absolute Gasteiger partial charge is 0.296 e. The second-order valence-electron chi connectivity index (χ2n) is 6.85. The van der Waals surface area contributed by atoms with E-state index < -0.39 is 0 Å². The summed E-state index contributed by atoms with van der Waals surface area (Å²) in [6.07, 6.45) is 3.36. The molecule has 0 spiro atoms. The molecular weight excluding hydrogens is 417 g/mol. The molecule has 0 aliphatic heterocycles. The Balaban J connectivity index is 1.60. The number of nitrogens with zero attached hydrogens (tertiary/aromatic N) is 3. The average molecular weight is 433 g/mol. The van der Waals surface area contributed by atoms with E-state index in [1.54, 1.807) is 43.8 Å². The number of rotatable bonds is 5. The van der Waals surface area contributed by atoms with Crippen LogP contribution in [0.25, 0.3) is 21.2 Å². The van der Waals surface area contributed by atoms with Gasteiger partial charge in [0.15, 0.2) is 22.2 Å². The predicted molar refractivity (Wildman–Crippen MR) is 117 cm³/mol. The Morgan fingerprint density at radius 1 is 1.19 bits per heavy atom. The zero-order chi connectivity index (χ0) is 21.4. The highest BCUT2D eigenvalue weighted by molar-refractivity contribution is 7.22. The van der Waals surface area contributed by atoms with Gasteiger partial charge in [-0.2, -0.15) is 0 Å². The third-order valence-corrected chi connectivity index (χ3v) is 5.86. The van der Waals surface area contributed by atoms with Crippen LogP contribution in [0, 0.1) is 5.82 Å². The van der Waals surface area contributed by atoms with E-state index in [-0.39, 0.29) is 24.0 Å². The summed E-state index contributed by atoms with van der Waals surface area (Å²) < 4.78 is 25.5. The number of thiazole rings is 1. The molecule has 3 heterocycles. The summed E-state index contributed by atoms with van der Waals surface area (Å²) in [5, 5.41) is 1.21. The molecule has 1 amide bonds. The van der Waals surface area contributed by atoms with Crippen LogP contribution in [0.15, 0.2) is 71.4 Å². The van der Waals surface area contributed by atoms with E-state index in [1.165, 1.54) is 28.4 Å². The summed E-state index contributed by atoms with van der Waals surface area (Å²) in [6.45, 7) is 0.239. The minimum Gasteiger partial charge on any atom is -0.493 e. The monoisotopic (exact) mass is 433 g/mol. The maximum absolute atomic E-state index is 13.7. The third kappa shape index (κ3) is 3.62. The first-order valence-corrected chi connectivity index (χ1v) is 10.3. The largest absolute Gasteiger partial charge is 0.493 e. The van der Waals surface area contributed by atoms with Gasteiger partial charge in [0.1, 0.15) is 5.82 Å². The van der Waals surface area contributed by atoms with Crippen molar-refractivity contribution < 1.29 is 18.3 Å². The second-order valence-corrected chi connectivity index (χ2v) is 7.86. The lowest BCUT2D eigenvalue weighted by molar-refractivity contribution is 0.0960. The minimum atomic E-state index is -0.360. The fraction of sp³-hybridized carbons (Fsp3) is 0.0870. The van der Waals surface area contributed by atoms with E-state index in [0.717, 1.165) is 10.9 Å². The topological polar surface area (TPSA) is 68.5 Å². The average Bonchev–Trinajstić information content (AvgIpc) is 3.41. The quantitative estimate of drug-likeness (QED) is 0.370. The lowest BCUT2D eigenvalue weighted by Crippen LogP contribution is -2.30. The number of pyridine rings is 1. The molecule has 5 aromatic rings. The van der Waals surface area contributed by atoms with Crippen LogP contribution in [-0.2, 0) is 6.54 Å². The van der Waals surface area contributed by atoms with Crippen molar-refractivity contribution >= 4 is 43.6 Å². The van der Waals surface area contributed by atoms with Crippen molar-refractivity contribution in [2.45, 2.75) is 6.54 Å². The number of halogens is 1. The van der Waals surface area contributed by atoms with Crippen molar-refractivity contribution in [1.29, 1.82) is 0 Å². The summed E-state index contributed by atoms with van der Waals surface area (Å²) in [6, 6.07) is 15.2. The van der Waals surface area contributed by atoms with E-state index in [0.29, 0.717) is 26.7 Å². The van der Waals surface area contributed by atoms with Gasteiger partial charge >= 0.3 is 0 Å². The van der Waals surface area contributed by atoms with Crippen LogP contribution in [0.4, 0.5) is 9.52 Å². The van der Waals surface area contributed by atoms with Crippen molar-refractivity contribution in [3.05, 3.63) is 84.1 Å². The lowest BCUT2D eigenvalue weighted by atomic mass is 10.2. The molecule has 2 aromatic carbocycles. The van der Waals surface area contributed by atoms with E-state index >= 15 is 0 Å². The number of methoxy groups -OCH3 is 1. The van der Waals surface area contributed by atoms with Crippen molar-refractivity contribution in [1.82, 2.24) is 9.97 Å². The predicted octanol–water partition coefficient (Wildman–Crippen LogP) is 5.43. The second kappa shape index (κ2) is 7.81. The Morgan fingerprint density at radius 2 is 2.10 bits per heavy atom. The normalized spacial score (nSPS) is 11.2. The Bertz CT molecular complexity index is 1400. The number of carbonyl (C=O) groups is 1. The lowest BCUT2D eigenvalue weighted by Gasteiger charge is -2.18. The van der Waals surface area contributed by atoms with E-state index in [2.05, 4.69) is 9.97 Å². The summed E-state index contributed by atoms with van der Waals surface area (Å²) in [7, 11) is 1.55. The van der Waals surface area contributed by atoms with Crippen LogP contribution in [0.3, 0.4) is 0 Å². The molecule has 0 saturated heterocycles. The van der Waals surface area contributed by atoms with Gasteiger partial charge in [-0.15, -0.1) is 0 Å². The van der Waals surface area contributed by atoms with Gasteiger partial charge in [-0.1, -0.05) is 29.5 Å². The highest BCUT2D eigenvalue weighted by atomic mass is 32.1. The van der Waals surface area contributed by atoms with Crippen LogP contribution >= 0.6 is 11.3 Å². The highest BCUT2D eigenvalue weighted by Gasteiger charge is 2.25. The van der Waals surface area contributed by atoms with E-state index in [4.69, 9.17) is 9.15 Å². The number of para-hydroxylation sites is 1. The number of hydrogen-bond acceptors (Lipinski definition) is 6. The molecular formula is C23H16FN3O3S. The molecule has 0 unspecified atom stereocenters. The highest BCUT2D eigenvalue weighted by Crippen LogP contribution is 2.33. The summed E-state index contributed by atoms with van der Waals surface area (Å²) in [5.41, 5.74) is 1.95. The van der Waals surface area contributed by atoms with Gasteiger partial charge in [-0.05, 0) is 42.0 Å². The van der Waals surface area contributed by atoms with Crippen LogP contribution in [0.1, 0.15) is 16.1 Å². The van der Waals surface area contributed by atoms with Crippen molar-refractivity contribution in [2.75, 3.05) is 12.0 Å². The number of aromatic nitrogens is 2. The van der Waals surface area contributed by atoms with Crippen molar-refractivity contribution in [3.8, 4) is 5.75 Å². The maximum atomic E-state index is 13.7. The summed E-state index contributed by atoms with van der Waals surface area (Å²) in [4.78, 5) is 23.7. The van der Waals surface area contributed by atoms with Crippen LogP contribution in [0.5, 0.6) is 5.75 Å². The van der Waals surface area contributed by atoms with Crippen LogP contribution < -0.4 is 9.64 Å². The van der Waals surface area contributed by atoms with Crippen molar-refractivity contribution in [3.63, 3.8) is 0 Å². The van der Waals surface area contributed by atoms with Crippen molar-refractivity contribution in [2.24, 2.45) is 0 Å². The number of hydrogen-bond donors (Lipinski definition) is 0.